The molecule has 2 heterocycles. The normalized spacial score (nSPS) is 20.0. The lowest BCUT2D eigenvalue weighted by Gasteiger charge is -2.34. The van der Waals surface area contributed by atoms with E-state index in [4.69, 9.17) is 0 Å². The van der Waals surface area contributed by atoms with E-state index in [-0.39, 0.29) is 23.8 Å². The molecule has 1 N–H and O–H groups in total. The number of hydrogen-bond donors (Lipinski definition) is 1. The second kappa shape index (κ2) is 10.9. The number of amides is 1. The monoisotopic (exact) mass is 438 g/mol. The van der Waals surface area contributed by atoms with E-state index in [9.17, 15) is 9.18 Å². The van der Waals surface area contributed by atoms with Gasteiger partial charge in [-0.2, -0.15) is 0 Å². The summed E-state index contributed by atoms with van der Waals surface area (Å²) in [6, 6.07) is 17.4. The average molecular weight is 439 g/mol. The molecule has 6 heteroatoms. The number of hydrogen-bond acceptors (Lipinski definition) is 4. The Kier molecular flexibility index (Phi) is 7.76. The third kappa shape index (κ3) is 6.08. The number of likely N-dealkylation sites (tertiary alicyclic amines) is 1. The van der Waals surface area contributed by atoms with Crippen LogP contribution >= 0.6 is 0 Å². The molecule has 0 aliphatic carbocycles. The maximum Gasteiger partial charge on any atom is 0.237 e. The molecule has 5 nitrogen and oxygen atoms in total. The highest BCUT2D eigenvalue weighted by Crippen LogP contribution is 2.19. The smallest absolute Gasteiger partial charge is 0.237 e. The standard InChI is InChI=1S/C26H35FN4O/c1-21(30-14-5-15-31(19-18-30)25-10-8-23(27)9-11-25)26(32)28-24-12-16-29(17-13-24)20-22-6-3-2-4-7-22/h2-4,6-11,21,24H,5,12-20H2,1H3,(H,28,32). The summed E-state index contributed by atoms with van der Waals surface area (Å²) in [6.07, 6.45) is 3.00. The fraction of sp³-hybridized carbons (Fsp3) is 0.500. The van der Waals surface area contributed by atoms with Crippen LogP contribution in [0.3, 0.4) is 0 Å². The largest absolute Gasteiger partial charge is 0.370 e. The molecule has 1 amide bonds. The second-order valence-electron chi connectivity index (χ2n) is 9.07. The molecule has 1 unspecified atom stereocenters. The summed E-state index contributed by atoms with van der Waals surface area (Å²) < 4.78 is 13.2. The van der Waals surface area contributed by atoms with Crippen LogP contribution in [-0.2, 0) is 11.3 Å². The van der Waals surface area contributed by atoms with Gasteiger partial charge in [-0.25, -0.2) is 4.39 Å². The summed E-state index contributed by atoms with van der Waals surface area (Å²) in [5.41, 5.74) is 2.40. The zero-order valence-electron chi connectivity index (χ0n) is 19.0. The molecule has 2 aromatic rings. The van der Waals surface area contributed by atoms with Gasteiger partial charge < -0.3 is 10.2 Å². The van der Waals surface area contributed by atoms with Gasteiger partial charge in [-0.05, 0) is 56.0 Å². The van der Waals surface area contributed by atoms with Crippen LogP contribution in [0.15, 0.2) is 54.6 Å². The molecule has 172 valence electrons. The molecular weight excluding hydrogens is 403 g/mol. The van der Waals surface area contributed by atoms with Crippen molar-refractivity contribution in [1.29, 1.82) is 0 Å². The first-order chi connectivity index (χ1) is 15.6. The van der Waals surface area contributed by atoms with E-state index in [1.807, 2.05) is 19.1 Å². The number of carbonyl (C=O) groups excluding carboxylic acids is 1. The number of rotatable bonds is 6. The molecule has 0 spiro atoms. The van der Waals surface area contributed by atoms with Crippen molar-refractivity contribution in [3.05, 3.63) is 66.0 Å². The van der Waals surface area contributed by atoms with E-state index in [1.165, 1.54) is 17.7 Å². The van der Waals surface area contributed by atoms with E-state index in [0.717, 1.165) is 70.8 Å². The van der Waals surface area contributed by atoms with Crippen LogP contribution in [0.4, 0.5) is 10.1 Å². The molecule has 0 bridgehead atoms. The maximum absolute atomic E-state index is 13.2. The quantitative estimate of drug-likeness (QED) is 0.749. The summed E-state index contributed by atoms with van der Waals surface area (Å²) in [5.74, 6) is -0.0665. The molecule has 0 saturated carbocycles. The Labute approximate surface area is 191 Å². The predicted octanol–water partition coefficient (Wildman–Crippen LogP) is 3.51. The summed E-state index contributed by atoms with van der Waals surface area (Å²) >= 11 is 0. The number of piperidine rings is 1. The van der Waals surface area contributed by atoms with Crippen molar-refractivity contribution >= 4 is 11.6 Å². The van der Waals surface area contributed by atoms with Gasteiger partial charge in [0.1, 0.15) is 5.82 Å². The van der Waals surface area contributed by atoms with Crippen molar-refractivity contribution in [2.75, 3.05) is 44.2 Å². The number of benzene rings is 2. The zero-order valence-corrected chi connectivity index (χ0v) is 19.0. The number of carbonyl (C=O) groups is 1. The molecule has 2 aromatic carbocycles. The van der Waals surface area contributed by atoms with Crippen LogP contribution in [0.2, 0.25) is 0 Å². The molecule has 1 atom stereocenters. The minimum Gasteiger partial charge on any atom is -0.370 e. The van der Waals surface area contributed by atoms with Gasteiger partial charge in [-0.3, -0.25) is 14.6 Å². The fourth-order valence-electron chi connectivity index (χ4n) is 4.80. The van der Waals surface area contributed by atoms with Crippen molar-refractivity contribution in [2.24, 2.45) is 0 Å². The number of halogens is 1. The Balaban J connectivity index is 1.22. The van der Waals surface area contributed by atoms with Gasteiger partial charge in [0.05, 0.1) is 6.04 Å². The lowest BCUT2D eigenvalue weighted by molar-refractivity contribution is -0.126. The van der Waals surface area contributed by atoms with E-state index < -0.39 is 0 Å². The minimum absolute atomic E-state index is 0.134. The summed E-state index contributed by atoms with van der Waals surface area (Å²) in [4.78, 5) is 20.0. The second-order valence-corrected chi connectivity index (χ2v) is 9.07. The van der Waals surface area contributed by atoms with Crippen molar-refractivity contribution in [3.8, 4) is 0 Å². The molecule has 2 saturated heterocycles. The summed E-state index contributed by atoms with van der Waals surface area (Å²) in [6.45, 7) is 8.56. The van der Waals surface area contributed by atoms with Gasteiger partial charge in [0.2, 0.25) is 5.91 Å². The van der Waals surface area contributed by atoms with Crippen LogP contribution in [0.5, 0.6) is 0 Å². The highest BCUT2D eigenvalue weighted by molar-refractivity contribution is 5.81. The highest BCUT2D eigenvalue weighted by atomic mass is 19.1. The Bertz CT molecular complexity index is 852. The first-order valence-electron chi connectivity index (χ1n) is 11.9. The molecular formula is C26H35FN4O. The van der Waals surface area contributed by atoms with Crippen LogP contribution in [0.25, 0.3) is 0 Å². The predicted molar refractivity (Wildman–Crippen MR) is 127 cm³/mol. The number of anilines is 1. The van der Waals surface area contributed by atoms with Crippen LogP contribution in [0, 0.1) is 5.82 Å². The molecule has 0 radical (unpaired) electrons. The van der Waals surface area contributed by atoms with Crippen LogP contribution in [0.1, 0.15) is 31.7 Å². The number of nitrogens with one attached hydrogen (secondary N) is 1. The van der Waals surface area contributed by atoms with Gasteiger partial charge in [-0.15, -0.1) is 0 Å². The lowest BCUT2D eigenvalue weighted by Crippen LogP contribution is -2.51. The van der Waals surface area contributed by atoms with E-state index in [2.05, 4.69) is 50.3 Å². The van der Waals surface area contributed by atoms with Gasteiger partial charge in [0.25, 0.3) is 0 Å². The Hall–Kier alpha value is -2.44. The summed E-state index contributed by atoms with van der Waals surface area (Å²) in [5, 5.41) is 3.31. The average Bonchev–Trinajstić information content (AvgIpc) is 3.07. The third-order valence-electron chi connectivity index (χ3n) is 6.83. The lowest BCUT2D eigenvalue weighted by atomic mass is 10.0. The zero-order chi connectivity index (χ0) is 22.3. The first kappa shape index (κ1) is 22.7. The van der Waals surface area contributed by atoms with Gasteiger partial charge in [0, 0.05) is 57.5 Å². The van der Waals surface area contributed by atoms with E-state index >= 15 is 0 Å². The molecule has 2 fully saturated rings. The van der Waals surface area contributed by atoms with Crippen molar-refractivity contribution < 1.29 is 9.18 Å². The Morgan fingerprint density at radius 3 is 2.41 bits per heavy atom. The van der Waals surface area contributed by atoms with Gasteiger partial charge >= 0.3 is 0 Å². The first-order valence-corrected chi connectivity index (χ1v) is 11.9. The van der Waals surface area contributed by atoms with E-state index in [1.54, 1.807) is 0 Å². The Morgan fingerprint density at radius 2 is 1.69 bits per heavy atom. The highest BCUT2D eigenvalue weighted by Gasteiger charge is 2.27. The maximum atomic E-state index is 13.2. The number of nitrogens with zero attached hydrogens (tertiary/aromatic N) is 3. The fourth-order valence-corrected chi connectivity index (χ4v) is 4.80. The van der Waals surface area contributed by atoms with Crippen molar-refractivity contribution in [3.63, 3.8) is 0 Å². The molecule has 2 aliphatic rings. The molecule has 0 aromatic heterocycles. The SMILES string of the molecule is CC(C(=O)NC1CCN(Cc2ccccc2)CC1)N1CCCN(c2ccc(F)cc2)CC1. The minimum atomic E-state index is -0.207. The van der Waals surface area contributed by atoms with E-state index in [0.29, 0.717) is 0 Å². The molecule has 4 rings (SSSR count). The summed E-state index contributed by atoms with van der Waals surface area (Å²) in [7, 11) is 0. The van der Waals surface area contributed by atoms with Gasteiger partial charge in [0.15, 0.2) is 0 Å². The van der Waals surface area contributed by atoms with Crippen LogP contribution in [-0.4, -0.2) is 67.1 Å². The molecule has 2 aliphatic heterocycles. The topological polar surface area (TPSA) is 38.8 Å². The Morgan fingerprint density at radius 1 is 0.969 bits per heavy atom. The third-order valence-corrected chi connectivity index (χ3v) is 6.83. The molecule has 32 heavy (non-hydrogen) atoms. The van der Waals surface area contributed by atoms with Crippen molar-refractivity contribution in [1.82, 2.24) is 15.1 Å². The van der Waals surface area contributed by atoms with Crippen molar-refractivity contribution in [2.45, 2.75) is 44.8 Å². The van der Waals surface area contributed by atoms with Crippen LogP contribution < -0.4 is 10.2 Å². The van der Waals surface area contributed by atoms with Gasteiger partial charge in [-0.1, -0.05) is 30.3 Å².